The Balaban J connectivity index is 2.10. The molecular formula is C42H74NO4+. The molecule has 0 saturated carbocycles. The quantitative estimate of drug-likeness (QED) is 0.0334. The third-order valence-corrected chi connectivity index (χ3v) is 8.99. The number of carbonyl (C=O) groups excluding carboxylic acids is 2. The molecule has 5 heteroatoms. The summed E-state index contributed by atoms with van der Waals surface area (Å²) >= 11 is 0. The Morgan fingerprint density at radius 1 is 0.489 bits per heavy atom. The minimum atomic E-state index is -0.343. The van der Waals surface area contributed by atoms with Crippen LogP contribution in [0.1, 0.15) is 168 Å². The van der Waals surface area contributed by atoms with Crippen LogP contribution in [0.5, 0.6) is 0 Å². The Kier molecular flexibility index (Phi) is 27.3. The lowest BCUT2D eigenvalue weighted by molar-refractivity contribution is -0.880. The molecular weight excluding hydrogens is 582 g/mol. The summed E-state index contributed by atoms with van der Waals surface area (Å²) < 4.78 is 12.4. The Morgan fingerprint density at radius 3 is 1.17 bits per heavy atom. The first-order valence-corrected chi connectivity index (χ1v) is 19.7. The molecule has 2 atom stereocenters. The first-order chi connectivity index (χ1) is 22.9. The van der Waals surface area contributed by atoms with Crippen LogP contribution in [0.4, 0.5) is 0 Å². The maximum Gasteiger partial charge on any atom is 0.306 e. The van der Waals surface area contributed by atoms with E-state index >= 15 is 0 Å². The fraction of sp³-hybridized carbons (Fsp3) is 0.762. The molecule has 0 radical (unpaired) electrons. The average molecular weight is 657 g/mol. The molecule has 0 aromatic heterocycles. The molecule has 0 aliphatic carbocycles. The third kappa shape index (κ3) is 26.5. The van der Waals surface area contributed by atoms with Crippen LogP contribution in [0.25, 0.3) is 0 Å². The molecule has 0 N–H and O–H groups in total. The molecule has 0 spiro atoms. The number of likely N-dealkylation sites (tertiary alicyclic amines) is 1. The number of rotatable bonds is 30. The van der Waals surface area contributed by atoms with Crippen molar-refractivity contribution < 1.29 is 23.5 Å². The van der Waals surface area contributed by atoms with Crippen molar-refractivity contribution in [1.29, 1.82) is 0 Å². The van der Waals surface area contributed by atoms with E-state index in [0.717, 1.165) is 64.2 Å². The van der Waals surface area contributed by atoms with Crippen LogP contribution < -0.4 is 0 Å². The minimum absolute atomic E-state index is 0.155. The summed E-state index contributed by atoms with van der Waals surface area (Å²) in [5, 5.41) is 0. The third-order valence-electron chi connectivity index (χ3n) is 8.99. The van der Waals surface area contributed by atoms with Gasteiger partial charge in [-0.3, -0.25) is 9.59 Å². The van der Waals surface area contributed by atoms with Gasteiger partial charge in [-0.05, 0) is 77.0 Å². The molecule has 1 unspecified atom stereocenters. The zero-order valence-corrected chi connectivity index (χ0v) is 31.2. The first kappa shape index (κ1) is 42.9. The molecule has 5 nitrogen and oxygen atoms in total. The zero-order valence-electron chi connectivity index (χ0n) is 31.2. The number of hydrogen-bond acceptors (Lipinski definition) is 4. The van der Waals surface area contributed by atoms with Gasteiger partial charge in [0, 0.05) is 12.8 Å². The zero-order chi connectivity index (χ0) is 34.3. The standard InChI is InChI=1S/C42H74NO4/c1-5-7-9-11-13-15-17-19-21-23-25-27-29-31-33-35-41(44)46-39-37-43(3,4)38-40(39)47-42(45)36-34-32-30-28-26-24-22-20-18-16-14-12-10-8-6-2/h13-16,19-22,39-40H,5-12,17-18,23-38H2,1-4H3/q+1/t39-,40?/m1/s1. The number of ether oxygens (including phenoxy) is 2. The van der Waals surface area contributed by atoms with Crippen molar-refractivity contribution >= 4 is 11.9 Å². The van der Waals surface area contributed by atoms with E-state index in [9.17, 15) is 9.59 Å². The molecule has 0 bridgehead atoms. The van der Waals surface area contributed by atoms with Gasteiger partial charge in [-0.1, -0.05) is 127 Å². The monoisotopic (exact) mass is 657 g/mol. The Morgan fingerprint density at radius 2 is 0.809 bits per heavy atom. The van der Waals surface area contributed by atoms with Gasteiger partial charge in [-0.2, -0.15) is 0 Å². The van der Waals surface area contributed by atoms with Gasteiger partial charge in [0.25, 0.3) is 0 Å². The molecule has 1 fully saturated rings. The highest BCUT2D eigenvalue weighted by molar-refractivity contribution is 5.70. The second-order valence-electron chi connectivity index (χ2n) is 14.3. The van der Waals surface area contributed by atoms with Gasteiger partial charge in [0.2, 0.25) is 0 Å². The van der Waals surface area contributed by atoms with Crippen LogP contribution in [0.3, 0.4) is 0 Å². The van der Waals surface area contributed by atoms with Crippen LogP contribution in [0, 0.1) is 0 Å². The SMILES string of the molecule is CCCCCC=CCC=CCCCCCCCC(=O)OC1C[N+](C)(C)C[C@H]1OC(=O)CCCCCCCC=CCC=CCCCCC. The molecule has 0 aromatic carbocycles. The number of quaternary nitrogens is 1. The predicted molar refractivity (Wildman–Crippen MR) is 200 cm³/mol. The highest BCUT2D eigenvalue weighted by Gasteiger charge is 2.45. The number of nitrogens with zero attached hydrogens (tertiary/aromatic N) is 1. The molecule has 1 saturated heterocycles. The summed E-state index contributed by atoms with van der Waals surface area (Å²) in [4.78, 5) is 25.2. The van der Waals surface area contributed by atoms with E-state index in [0.29, 0.717) is 30.4 Å². The Labute approximate surface area is 290 Å². The number of unbranched alkanes of at least 4 members (excludes halogenated alkanes) is 16. The number of esters is 2. The fourth-order valence-electron chi connectivity index (χ4n) is 6.13. The van der Waals surface area contributed by atoms with Crippen LogP contribution >= 0.6 is 0 Å². The smallest absolute Gasteiger partial charge is 0.306 e. The molecule has 0 aromatic rings. The molecule has 47 heavy (non-hydrogen) atoms. The highest BCUT2D eigenvalue weighted by atomic mass is 16.6. The van der Waals surface area contributed by atoms with Crippen LogP contribution in [-0.2, 0) is 19.1 Å². The van der Waals surface area contributed by atoms with Crippen molar-refractivity contribution in [3.05, 3.63) is 48.6 Å². The van der Waals surface area contributed by atoms with Crippen molar-refractivity contribution in [1.82, 2.24) is 0 Å². The lowest BCUT2D eigenvalue weighted by atomic mass is 10.1. The number of likely N-dealkylation sites (N-methyl/N-ethyl adjacent to an activating group) is 1. The van der Waals surface area contributed by atoms with Crippen LogP contribution in [0.2, 0.25) is 0 Å². The fourth-order valence-corrected chi connectivity index (χ4v) is 6.13. The van der Waals surface area contributed by atoms with E-state index in [2.05, 4.69) is 76.6 Å². The van der Waals surface area contributed by atoms with Gasteiger partial charge in [0.1, 0.15) is 13.1 Å². The molecule has 1 heterocycles. The van der Waals surface area contributed by atoms with Gasteiger partial charge in [-0.25, -0.2) is 0 Å². The van der Waals surface area contributed by atoms with E-state index in [1.165, 1.54) is 77.0 Å². The lowest BCUT2D eigenvalue weighted by Crippen LogP contribution is -2.38. The Hall–Kier alpha value is -2.14. The molecule has 1 aliphatic heterocycles. The second kappa shape index (κ2) is 30.0. The molecule has 1 aliphatic rings. The van der Waals surface area contributed by atoms with Crippen molar-refractivity contribution in [3.8, 4) is 0 Å². The number of allylic oxidation sites excluding steroid dienone is 8. The van der Waals surface area contributed by atoms with E-state index in [1.807, 2.05) is 0 Å². The maximum absolute atomic E-state index is 12.6. The van der Waals surface area contributed by atoms with Crippen LogP contribution in [-0.4, -0.2) is 55.8 Å². The lowest BCUT2D eigenvalue weighted by Gasteiger charge is -2.22. The van der Waals surface area contributed by atoms with Gasteiger partial charge < -0.3 is 14.0 Å². The largest absolute Gasteiger partial charge is 0.452 e. The summed E-state index contributed by atoms with van der Waals surface area (Å²) in [7, 11) is 4.21. The summed E-state index contributed by atoms with van der Waals surface area (Å²) in [5.74, 6) is -0.310. The number of carbonyl (C=O) groups is 2. The van der Waals surface area contributed by atoms with Gasteiger partial charge in [0.15, 0.2) is 12.2 Å². The van der Waals surface area contributed by atoms with Gasteiger partial charge in [0.05, 0.1) is 14.1 Å². The first-order valence-electron chi connectivity index (χ1n) is 19.7. The van der Waals surface area contributed by atoms with Crippen LogP contribution in [0.15, 0.2) is 48.6 Å². The second-order valence-corrected chi connectivity index (χ2v) is 14.3. The van der Waals surface area contributed by atoms with Gasteiger partial charge in [-0.15, -0.1) is 0 Å². The summed E-state index contributed by atoms with van der Waals surface area (Å²) in [6, 6.07) is 0. The Bertz CT molecular complexity index is 817. The summed E-state index contributed by atoms with van der Waals surface area (Å²) in [6.07, 6.45) is 44.1. The summed E-state index contributed by atoms with van der Waals surface area (Å²) in [5.41, 5.74) is 0. The topological polar surface area (TPSA) is 52.6 Å². The van der Waals surface area contributed by atoms with E-state index in [-0.39, 0.29) is 24.1 Å². The molecule has 270 valence electrons. The van der Waals surface area contributed by atoms with E-state index in [4.69, 9.17) is 9.47 Å². The van der Waals surface area contributed by atoms with Gasteiger partial charge >= 0.3 is 11.9 Å². The normalized spacial score (nSPS) is 18.0. The van der Waals surface area contributed by atoms with Crippen molar-refractivity contribution in [2.24, 2.45) is 0 Å². The molecule has 0 amide bonds. The van der Waals surface area contributed by atoms with E-state index < -0.39 is 0 Å². The minimum Gasteiger partial charge on any atom is -0.452 e. The predicted octanol–water partition coefficient (Wildman–Crippen LogP) is 11.5. The van der Waals surface area contributed by atoms with Crippen molar-refractivity contribution in [3.63, 3.8) is 0 Å². The van der Waals surface area contributed by atoms with E-state index in [1.54, 1.807) is 0 Å². The molecule has 1 rings (SSSR count). The number of hydrogen-bond donors (Lipinski definition) is 0. The highest BCUT2D eigenvalue weighted by Crippen LogP contribution is 2.23. The maximum atomic E-state index is 12.6. The van der Waals surface area contributed by atoms with Crippen molar-refractivity contribution in [2.45, 2.75) is 180 Å². The average Bonchev–Trinajstić information content (AvgIpc) is 3.32. The summed E-state index contributed by atoms with van der Waals surface area (Å²) in [6.45, 7) is 5.87. The van der Waals surface area contributed by atoms with Crippen molar-refractivity contribution in [2.75, 3.05) is 27.2 Å².